The van der Waals surface area contributed by atoms with E-state index in [0.29, 0.717) is 31.2 Å². The molecule has 0 aliphatic carbocycles. The minimum absolute atomic E-state index is 0.106. The lowest BCUT2D eigenvalue weighted by molar-refractivity contribution is -0.115. The van der Waals surface area contributed by atoms with Gasteiger partial charge in [-0.2, -0.15) is 0 Å². The van der Waals surface area contributed by atoms with Gasteiger partial charge in [-0.15, -0.1) is 0 Å². The number of nitrogens with zero attached hydrogens (tertiary/aromatic N) is 1. The van der Waals surface area contributed by atoms with Crippen LogP contribution in [0.15, 0.2) is 48.8 Å². The van der Waals surface area contributed by atoms with Crippen LogP contribution in [0.5, 0.6) is 5.75 Å². The average molecular weight is 315 g/mol. The fourth-order valence-corrected chi connectivity index (χ4v) is 1.90. The van der Waals surface area contributed by atoms with Crippen LogP contribution in [0.4, 0.5) is 5.69 Å². The van der Waals surface area contributed by atoms with Crippen molar-refractivity contribution in [2.75, 3.05) is 32.1 Å². The van der Waals surface area contributed by atoms with Crippen LogP contribution in [-0.2, 0) is 16.1 Å². The second kappa shape index (κ2) is 9.55. The molecule has 1 amide bonds. The van der Waals surface area contributed by atoms with Gasteiger partial charge in [-0.1, -0.05) is 12.1 Å². The Labute approximate surface area is 135 Å². The lowest BCUT2D eigenvalue weighted by Gasteiger charge is -2.09. The van der Waals surface area contributed by atoms with E-state index in [-0.39, 0.29) is 12.5 Å². The predicted molar refractivity (Wildman–Crippen MR) is 88.4 cm³/mol. The van der Waals surface area contributed by atoms with Gasteiger partial charge in [-0.25, -0.2) is 0 Å². The molecule has 0 bridgehead atoms. The fourth-order valence-electron chi connectivity index (χ4n) is 1.90. The van der Waals surface area contributed by atoms with Crippen molar-refractivity contribution in [3.8, 4) is 5.75 Å². The molecule has 0 saturated heterocycles. The lowest BCUT2D eigenvalue weighted by Crippen LogP contribution is -2.30. The first-order chi connectivity index (χ1) is 11.3. The molecule has 1 aromatic carbocycles. The zero-order valence-corrected chi connectivity index (χ0v) is 13.1. The van der Waals surface area contributed by atoms with Crippen LogP contribution < -0.4 is 15.4 Å². The number of pyridine rings is 1. The molecule has 0 atom stereocenters. The van der Waals surface area contributed by atoms with Gasteiger partial charge in [-0.05, 0) is 18.2 Å². The number of benzene rings is 1. The van der Waals surface area contributed by atoms with Crippen LogP contribution in [0.2, 0.25) is 0 Å². The monoisotopic (exact) mass is 315 g/mol. The van der Waals surface area contributed by atoms with E-state index in [9.17, 15) is 4.79 Å². The number of rotatable bonds is 9. The maximum Gasteiger partial charge on any atom is 0.238 e. The van der Waals surface area contributed by atoms with E-state index in [0.717, 1.165) is 5.56 Å². The third-order valence-corrected chi connectivity index (χ3v) is 3.01. The highest BCUT2D eigenvalue weighted by molar-refractivity contribution is 5.92. The summed E-state index contributed by atoms with van der Waals surface area (Å²) in [5, 5.41) is 5.82. The number of hydrogen-bond acceptors (Lipinski definition) is 5. The molecule has 2 N–H and O–H groups in total. The molecule has 1 heterocycles. The van der Waals surface area contributed by atoms with E-state index in [1.54, 1.807) is 25.6 Å². The average Bonchev–Trinajstić information content (AvgIpc) is 2.58. The summed E-state index contributed by atoms with van der Waals surface area (Å²) in [6.45, 7) is 1.89. The van der Waals surface area contributed by atoms with Gasteiger partial charge >= 0.3 is 0 Å². The zero-order chi connectivity index (χ0) is 16.3. The van der Waals surface area contributed by atoms with Crippen molar-refractivity contribution < 1.29 is 14.3 Å². The third-order valence-electron chi connectivity index (χ3n) is 3.01. The van der Waals surface area contributed by atoms with Crippen molar-refractivity contribution in [3.05, 3.63) is 54.4 Å². The molecule has 23 heavy (non-hydrogen) atoms. The second-order valence-corrected chi connectivity index (χ2v) is 4.90. The maximum atomic E-state index is 11.8. The fraction of sp³-hybridized carbons (Fsp3) is 0.294. The normalized spacial score (nSPS) is 10.3. The molecule has 0 radical (unpaired) electrons. The number of methoxy groups -OCH3 is 1. The SMILES string of the molecule is COCCNCC(=O)Nc1cccc(OCc2cccnc2)c1. The number of carbonyl (C=O) groups excluding carboxylic acids is 1. The Kier molecular flexibility index (Phi) is 7.03. The van der Waals surface area contributed by atoms with Gasteiger partial charge in [0.1, 0.15) is 12.4 Å². The summed E-state index contributed by atoms with van der Waals surface area (Å²) in [7, 11) is 1.62. The van der Waals surface area contributed by atoms with Gasteiger partial charge in [0.05, 0.1) is 13.2 Å². The number of nitrogens with one attached hydrogen (secondary N) is 2. The van der Waals surface area contributed by atoms with E-state index in [1.165, 1.54) is 0 Å². The van der Waals surface area contributed by atoms with Crippen molar-refractivity contribution >= 4 is 11.6 Å². The van der Waals surface area contributed by atoms with Crippen molar-refractivity contribution in [1.29, 1.82) is 0 Å². The van der Waals surface area contributed by atoms with Crippen LogP contribution in [0, 0.1) is 0 Å². The largest absolute Gasteiger partial charge is 0.489 e. The van der Waals surface area contributed by atoms with E-state index in [1.807, 2.05) is 30.3 Å². The van der Waals surface area contributed by atoms with Gasteiger partial charge in [0.15, 0.2) is 0 Å². The van der Waals surface area contributed by atoms with Crippen molar-refractivity contribution in [2.45, 2.75) is 6.61 Å². The van der Waals surface area contributed by atoms with Gasteiger partial charge in [-0.3, -0.25) is 9.78 Å². The summed E-state index contributed by atoms with van der Waals surface area (Å²) in [5.74, 6) is 0.588. The predicted octanol–water partition coefficient (Wildman–Crippen LogP) is 1.84. The first-order valence-electron chi connectivity index (χ1n) is 7.39. The molecule has 0 saturated carbocycles. The molecule has 0 spiro atoms. The topological polar surface area (TPSA) is 72.5 Å². The minimum atomic E-state index is -0.106. The van der Waals surface area contributed by atoms with E-state index < -0.39 is 0 Å². The Morgan fingerprint density at radius 1 is 1.26 bits per heavy atom. The summed E-state index contributed by atoms with van der Waals surface area (Å²) in [6.07, 6.45) is 3.48. The summed E-state index contributed by atoms with van der Waals surface area (Å²) >= 11 is 0. The highest BCUT2D eigenvalue weighted by Crippen LogP contribution is 2.18. The molecule has 1 aromatic heterocycles. The Morgan fingerprint density at radius 2 is 2.17 bits per heavy atom. The number of amides is 1. The summed E-state index contributed by atoms with van der Waals surface area (Å²) in [6, 6.07) is 11.1. The molecule has 122 valence electrons. The highest BCUT2D eigenvalue weighted by Gasteiger charge is 2.03. The minimum Gasteiger partial charge on any atom is -0.489 e. The standard InChI is InChI=1S/C17H21N3O3/c1-22-9-8-19-12-17(21)20-15-5-2-6-16(10-15)23-13-14-4-3-7-18-11-14/h2-7,10-11,19H,8-9,12-13H2,1H3,(H,20,21). The Hall–Kier alpha value is -2.44. The molecule has 6 nitrogen and oxygen atoms in total. The molecule has 0 aliphatic heterocycles. The van der Waals surface area contributed by atoms with Crippen molar-refractivity contribution in [2.24, 2.45) is 0 Å². The number of hydrogen-bond donors (Lipinski definition) is 2. The van der Waals surface area contributed by atoms with Crippen LogP contribution in [0.3, 0.4) is 0 Å². The summed E-state index contributed by atoms with van der Waals surface area (Å²) in [4.78, 5) is 15.8. The molecular weight excluding hydrogens is 294 g/mol. The third kappa shape index (κ3) is 6.46. The quantitative estimate of drug-likeness (QED) is 0.691. The number of aromatic nitrogens is 1. The smallest absolute Gasteiger partial charge is 0.238 e. The maximum absolute atomic E-state index is 11.8. The number of ether oxygens (including phenoxy) is 2. The lowest BCUT2D eigenvalue weighted by atomic mass is 10.3. The Bertz CT molecular complexity index is 605. The van der Waals surface area contributed by atoms with Crippen LogP contribution in [0.1, 0.15) is 5.56 Å². The van der Waals surface area contributed by atoms with Crippen molar-refractivity contribution in [1.82, 2.24) is 10.3 Å². The van der Waals surface area contributed by atoms with E-state index in [4.69, 9.17) is 9.47 Å². The molecule has 2 rings (SSSR count). The van der Waals surface area contributed by atoms with Crippen LogP contribution >= 0.6 is 0 Å². The van der Waals surface area contributed by atoms with Crippen LogP contribution in [0.25, 0.3) is 0 Å². The van der Waals surface area contributed by atoms with Gasteiger partial charge < -0.3 is 20.1 Å². The van der Waals surface area contributed by atoms with Crippen molar-refractivity contribution in [3.63, 3.8) is 0 Å². The molecule has 6 heteroatoms. The Morgan fingerprint density at radius 3 is 2.96 bits per heavy atom. The first-order valence-corrected chi connectivity index (χ1v) is 7.39. The molecule has 0 fully saturated rings. The highest BCUT2D eigenvalue weighted by atomic mass is 16.5. The van der Waals surface area contributed by atoms with Crippen LogP contribution in [-0.4, -0.2) is 37.7 Å². The zero-order valence-electron chi connectivity index (χ0n) is 13.1. The van der Waals surface area contributed by atoms with E-state index in [2.05, 4.69) is 15.6 Å². The molecule has 0 aliphatic rings. The van der Waals surface area contributed by atoms with Gasteiger partial charge in [0.25, 0.3) is 0 Å². The van der Waals surface area contributed by atoms with E-state index >= 15 is 0 Å². The van der Waals surface area contributed by atoms with Gasteiger partial charge in [0, 0.05) is 43.4 Å². The second-order valence-electron chi connectivity index (χ2n) is 4.90. The molecular formula is C17H21N3O3. The number of anilines is 1. The van der Waals surface area contributed by atoms with Gasteiger partial charge in [0.2, 0.25) is 5.91 Å². The first kappa shape index (κ1) is 16.9. The summed E-state index contributed by atoms with van der Waals surface area (Å²) < 4.78 is 10.6. The summed E-state index contributed by atoms with van der Waals surface area (Å²) in [5.41, 5.74) is 1.69. The molecule has 0 unspecified atom stereocenters. The number of carbonyl (C=O) groups is 1. The Balaban J connectivity index is 1.81. The molecule has 2 aromatic rings.